The minimum atomic E-state index is -4.10. The first-order valence-corrected chi connectivity index (χ1v) is 9.37. The number of nitrogens with one attached hydrogen (secondary N) is 1. The quantitative estimate of drug-likeness (QED) is 0.750. The highest BCUT2D eigenvalue weighted by molar-refractivity contribution is 5.86. The first kappa shape index (κ1) is 20.2. The second kappa shape index (κ2) is 8.20. The van der Waals surface area contributed by atoms with E-state index >= 15 is 0 Å². The summed E-state index contributed by atoms with van der Waals surface area (Å²) in [4.78, 5) is 11.5. The molecule has 0 aliphatic heterocycles. The molecule has 1 heterocycles. The number of halogens is 3. The number of rotatable bonds is 5. The zero-order valence-electron chi connectivity index (χ0n) is 15.8. The molecule has 2 aromatic rings. The van der Waals surface area contributed by atoms with Crippen LogP contribution in [0.2, 0.25) is 0 Å². The number of hydrogen-bond acceptors (Lipinski definition) is 2. The van der Waals surface area contributed by atoms with E-state index in [1.54, 1.807) is 4.68 Å². The van der Waals surface area contributed by atoms with E-state index in [-0.39, 0.29) is 24.7 Å². The second-order valence-electron chi connectivity index (χ2n) is 7.30. The zero-order valence-corrected chi connectivity index (χ0v) is 15.8. The minimum Gasteiger partial charge on any atom is -0.348 e. The number of aromatic nitrogens is 2. The Hall–Kier alpha value is -2.57. The van der Waals surface area contributed by atoms with Crippen LogP contribution in [0.1, 0.15) is 42.7 Å². The normalized spacial score (nSPS) is 20.0. The Kier molecular flexibility index (Phi) is 5.91. The van der Waals surface area contributed by atoms with Crippen LogP contribution in [0, 0.1) is 5.92 Å². The number of amides is 1. The monoisotopic (exact) mass is 391 g/mol. The predicted octanol–water partition coefficient (Wildman–Crippen LogP) is 4.73. The SMILES string of the molecule is C=CC(=O)NCc1ccc([C@H]2CC[C@@H](C(F)(F)F)CC2)cc1-c1ccn(C)n1. The third-order valence-corrected chi connectivity index (χ3v) is 5.42. The van der Waals surface area contributed by atoms with Crippen LogP contribution in [0.25, 0.3) is 11.3 Å². The number of carbonyl (C=O) groups is 1. The third kappa shape index (κ3) is 4.64. The van der Waals surface area contributed by atoms with Gasteiger partial charge >= 0.3 is 6.18 Å². The van der Waals surface area contributed by atoms with E-state index in [1.807, 2.05) is 37.5 Å². The van der Waals surface area contributed by atoms with Crippen molar-refractivity contribution in [1.29, 1.82) is 0 Å². The lowest BCUT2D eigenvalue weighted by Crippen LogP contribution is -2.27. The van der Waals surface area contributed by atoms with Crippen LogP contribution in [0.4, 0.5) is 13.2 Å². The largest absolute Gasteiger partial charge is 0.391 e. The lowest BCUT2D eigenvalue weighted by Gasteiger charge is -2.30. The van der Waals surface area contributed by atoms with Crippen molar-refractivity contribution in [3.05, 3.63) is 54.2 Å². The van der Waals surface area contributed by atoms with Gasteiger partial charge in [0.25, 0.3) is 0 Å². The van der Waals surface area contributed by atoms with Gasteiger partial charge in [0.2, 0.25) is 5.91 Å². The van der Waals surface area contributed by atoms with Crippen LogP contribution < -0.4 is 5.32 Å². The molecule has 0 radical (unpaired) electrons. The van der Waals surface area contributed by atoms with Crippen LogP contribution in [0.5, 0.6) is 0 Å². The van der Waals surface area contributed by atoms with Crippen molar-refractivity contribution in [3.8, 4) is 11.3 Å². The summed E-state index contributed by atoms with van der Waals surface area (Å²) in [5, 5.41) is 7.22. The number of carbonyl (C=O) groups excluding carboxylic acids is 1. The molecule has 0 bridgehead atoms. The molecule has 4 nitrogen and oxygen atoms in total. The molecule has 7 heteroatoms. The first-order valence-electron chi connectivity index (χ1n) is 9.37. The Balaban J connectivity index is 1.84. The third-order valence-electron chi connectivity index (χ3n) is 5.42. The summed E-state index contributed by atoms with van der Waals surface area (Å²) >= 11 is 0. The molecule has 3 rings (SSSR count). The average molecular weight is 391 g/mol. The Labute approximate surface area is 162 Å². The van der Waals surface area contributed by atoms with E-state index in [0.29, 0.717) is 19.4 Å². The van der Waals surface area contributed by atoms with Crippen molar-refractivity contribution < 1.29 is 18.0 Å². The number of nitrogens with zero attached hydrogens (tertiary/aromatic N) is 2. The van der Waals surface area contributed by atoms with Crippen molar-refractivity contribution in [1.82, 2.24) is 15.1 Å². The number of alkyl halides is 3. The Morgan fingerprint density at radius 3 is 2.57 bits per heavy atom. The molecule has 0 saturated heterocycles. The van der Waals surface area contributed by atoms with E-state index in [2.05, 4.69) is 17.0 Å². The molecule has 1 saturated carbocycles. The Morgan fingerprint density at radius 1 is 1.29 bits per heavy atom. The van der Waals surface area contributed by atoms with E-state index in [4.69, 9.17) is 0 Å². The van der Waals surface area contributed by atoms with Gasteiger partial charge in [-0.15, -0.1) is 0 Å². The van der Waals surface area contributed by atoms with Gasteiger partial charge in [0.15, 0.2) is 0 Å². The maximum absolute atomic E-state index is 12.9. The first-order chi connectivity index (χ1) is 13.3. The molecule has 1 aliphatic rings. The molecule has 0 atom stereocenters. The summed E-state index contributed by atoms with van der Waals surface area (Å²) in [7, 11) is 1.82. The fraction of sp³-hybridized carbons (Fsp3) is 0.429. The summed E-state index contributed by atoms with van der Waals surface area (Å²) < 4.78 is 40.5. The summed E-state index contributed by atoms with van der Waals surface area (Å²) in [6.07, 6.45) is 0.346. The molecule has 1 aromatic heterocycles. The minimum absolute atomic E-state index is 0.109. The molecule has 1 fully saturated rings. The van der Waals surface area contributed by atoms with E-state index < -0.39 is 12.1 Å². The maximum atomic E-state index is 12.9. The highest BCUT2D eigenvalue weighted by Gasteiger charge is 2.41. The standard InChI is InChI=1S/C21H24F3N3O/c1-3-20(28)25-13-16-5-4-15(12-18(16)19-10-11-27(2)26-19)14-6-8-17(9-7-14)21(22,23)24/h3-5,10-12,14,17H,1,6-9,13H2,2H3,(H,25,28)/t14-,17+. The number of hydrogen-bond donors (Lipinski definition) is 1. The fourth-order valence-electron chi connectivity index (χ4n) is 3.81. The van der Waals surface area contributed by atoms with Crippen molar-refractivity contribution in [3.63, 3.8) is 0 Å². The van der Waals surface area contributed by atoms with Crippen LogP contribution in [0.3, 0.4) is 0 Å². The van der Waals surface area contributed by atoms with Crippen molar-refractivity contribution in [2.45, 2.75) is 44.3 Å². The molecular weight excluding hydrogens is 367 g/mol. The van der Waals surface area contributed by atoms with Gasteiger partial charge in [0.1, 0.15) is 0 Å². The molecule has 1 aromatic carbocycles. The van der Waals surface area contributed by atoms with Crippen LogP contribution in [0.15, 0.2) is 43.1 Å². The highest BCUT2D eigenvalue weighted by Crippen LogP contribution is 2.43. The topological polar surface area (TPSA) is 46.9 Å². The smallest absolute Gasteiger partial charge is 0.348 e. The Morgan fingerprint density at radius 2 is 2.00 bits per heavy atom. The molecule has 28 heavy (non-hydrogen) atoms. The van der Waals surface area contributed by atoms with Gasteiger partial charge in [-0.3, -0.25) is 9.48 Å². The Bertz CT molecular complexity index is 849. The van der Waals surface area contributed by atoms with E-state index in [9.17, 15) is 18.0 Å². The van der Waals surface area contributed by atoms with Gasteiger partial charge in [0, 0.05) is 25.4 Å². The molecule has 1 aliphatic carbocycles. The van der Waals surface area contributed by atoms with Crippen LogP contribution >= 0.6 is 0 Å². The maximum Gasteiger partial charge on any atom is 0.391 e. The zero-order chi connectivity index (χ0) is 20.3. The lowest BCUT2D eigenvalue weighted by atomic mass is 9.78. The highest BCUT2D eigenvalue weighted by atomic mass is 19.4. The molecule has 0 spiro atoms. The molecular formula is C21H24F3N3O. The van der Waals surface area contributed by atoms with Crippen LogP contribution in [-0.4, -0.2) is 21.9 Å². The van der Waals surface area contributed by atoms with Gasteiger partial charge in [-0.1, -0.05) is 18.7 Å². The van der Waals surface area contributed by atoms with Gasteiger partial charge < -0.3 is 5.32 Å². The van der Waals surface area contributed by atoms with Crippen molar-refractivity contribution in [2.24, 2.45) is 13.0 Å². The molecule has 150 valence electrons. The molecule has 1 N–H and O–H groups in total. The van der Waals surface area contributed by atoms with Gasteiger partial charge in [-0.25, -0.2) is 0 Å². The van der Waals surface area contributed by atoms with Gasteiger partial charge in [0.05, 0.1) is 11.6 Å². The van der Waals surface area contributed by atoms with Gasteiger partial charge in [-0.05, 0) is 60.9 Å². The van der Waals surface area contributed by atoms with E-state index in [1.165, 1.54) is 6.08 Å². The summed E-state index contributed by atoms with van der Waals surface area (Å²) in [6, 6.07) is 7.79. The van der Waals surface area contributed by atoms with Crippen LogP contribution in [-0.2, 0) is 18.4 Å². The molecule has 1 amide bonds. The summed E-state index contributed by atoms with van der Waals surface area (Å²) in [5.41, 5.74) is 3.60. The summed E-state index contributed by atoms with van der Waals surface area (Å²) in [6.45, 7) is 3.78. The van der Waals surface area contributed by atoms with E-state index in [0.717, 1.165) is 22.4 Å². The lowest BCUT2D eigenvalue weighted by molar-refractivity contribution is -0.182. The predicted molar refractivity (Wildman–Crippen MR) is 101 cm³/mol. The van der Waals surface area contributed by atoms with Crippen molar-refractivity contribution in [2.75, 3.05) is 0 Å². The summed E-state index contributed by atoms with van der Waals surface area (Å²) in [5.74, 6) is -1.34. The van der Waals surface area contributed by atoms with Crippen molar-refractivity contribution >= 4 is 5.91 Å². The molecule has 0 unspecified atom stereocenters. The number of benzene rings is 1. The van der Waals surface area contributed by atoms with Gasteiger partial charge in [-0.2, -0.15) is 18.3 Å². The second-order valence-corrected chi connectivity index (χ2v) is 7.30. The number of aryl methyl sites for hydroxylation is 1. The average Bonchev–Trinajstić information content (AvgIpc) is 3.11. The fourth-order valence-corrected chi connectivity index (χ4v) is 3.81.